The molecule has 0 radical (unpaired) electrons. The Morgan fingerprint density at radius 1 is 1.10 bits per heavy atom. The summed E-state index contributed by atoms with van der Waals surface area (Å²) in [4.78, 5) is 34.3. The van der Waals surface area contributed by atoms with Crippen LogP contribution >= 0.6 is 15.6 Å². The molecule has 120 valence electrons. The quantitative estimate of drug-likeness (QED) is 0.242. The van der Waals surface area contributed by atoms with Crippen molar-refractivity contribution in [2.45, 2.75) is 24.1 Å². The summed E-state index contributed by atoms with van der Waals surface area (Å²) in [5, 5.41) is 28.2. The minimum Gasteiger partial charge on any atom is -0.391 e. The number of phosphoric ester groups is 2. The molecule has 14 heteroatoms. The zero-order valence-electron chi connectivity index (χ0n) is 9.71. The second-order valence-electron chi connectivity index (χ2n) is 3.93. The van der Waals surface area contributed by atoms with Crippen molar-refractivity contribution < 1.29 is 57.8 Å². The molecule has 0 aliphatic carbocycles. The number of hydrogen-bond donors (Lipinski definition) is 7. The standard InChI is InChI=1S/C6H14O12P2/c7-2-6(18-20(13,14)15)5(9)4(8)3(17-6)1-16-19(10,11)12/h3-5,7-9H,1-2H2,(H2,10,11,12)(H2,13,14,15)/t3-,4+,5-,6+/m1/s1. The molecule has 0 aromatic heterocycles. The SMILES string of the molecule is O=P(O)(O)OC[C@H]1O[C@@](CO)(OP(=O)(O)O)[C@H](O)[C@H]1O. The van der Waals surface area contributed by atoms with Crippen molar-refractivity contribution in [3.63, 3.8) is 0 Å². The third-order valence-electron chi connectivity index (χ3n) is 2.41. The monoisotopic (exact) mass is 340 g/mol. The van der Waals surface area contributed by atoms with Gasteiger partial charge in [0.1, 0.15) is 24.9 Å². The van der Waals surface area contributed by atoms with Gasteiger partial charge in [0.15, 0.2) is 0 Å². The van der Waals surface area contributed by atoms with Crippen LogP contribution in [-0.4, -0.2) is 72.2 Å². The molecule has 1 aliphatic heterocycles. The molecule has 1 aliphatic rings. The molecule has 1 rings (SSSR count). The highest BCUT2D eigenvalue weighted by molar-refractivity contribution is 7.46. The maximum absolute atomic E-state index is 10.8. The van der Waals surface area contributed by atoms with Crippen LogP contribution in [0.1, 0.15) is 0 Å². The Balaban J connectivity index is 2.85. The van der Waals surface area contributed by atoms with Crippen LogP contribution in [-0.2, 0) is 22.9 Å². The molecule has 12 nitrogen and oxygen atoms in total. The maximum Gasteiger partial charge on any atom is 0.472 e. The van der Waals surface area contributed by atoms with Gasteiger partial charge in [-0.25, -0.2) is 13.7 Å². The summed E-state index contributed by atoms with van der Waals surface area (Å²) >= 11 is 0. The van der Waals surface area contributed by atoms with E-state index in [9.17, 15) is 19.3 Å². The van der Waals surface area contributed by atoms with E-state index in [-0.39, 0.29) is 0 Å². The second kappa shape index (κ2) is 6.05. The number of ether oxygens (including phenoxy) is 1. The summed E-state index contributed by atoms with van der Waals surface area (Å²) in [7, 11) is -10.1. The minimum atomic E-state index is -5.19. The molecule has 20 heavy (non-hydrogen) atoms. The molecular weight excluding hydrogens is 326 g/mol. The average Bonchev–Trinajstić information content (AvgIpc) is 2.49. The first-order valence-corrected chi connectivity index (χ1v) is 8.07. The second-order valence-corrected chi connectivity index (χ2v) is 6.33. The number of phosphoric acid groups is 2. The zero-order valence-corrected chi connectivity index (χ0v) is 11.5. The number of hydrogen-bond acceptors (Lipinski definition) is 8. The molecule has 1 fully saturated rings. The lowest BCUT2D eigenvalue weighted by Gasteiger charge is -2.29. The van der Waals surface area contributed by atoms with Gasteiger partial charge in [-0.15, -0.1) is 0 Å². The molecule has 0 spiro atoms. The van der Waals surface area contributed by atoms with E-state index < -0.39 is 53.0 Å². The molecule has 0 aromatic rings. The van der Waals surface area contributed by atoms with E-state index in [2.05, 4.69) is 9.05 Å². The Morgan fingerprint density at radius 2 is 1.65 bits per heavy atom. The molecule has 0 amide bonds. The molecular formula is C6H14O12P2. The van der Waals surface area contributed by atoms with E-state index in [0.717, 1.165) is 0 Å². The van der Waals surface area contributed by atoms with Crippen molar-refractivity contribution in [2.24, 2.45) is 0 Å². The normalized spacial score (nSPS) is 35.5. The van der Waals surface area contributed by atoms with E-state index in [1.54, 1.807) is 0 Å². The lowest BCUT2D eigenvalue weighted by molar-refractivity contribution is -0.237. The lowest BCUT2D eigenvalue weighted by Crippen LogP contribution is -2.47. The first-order valence-electron chi connectivity index (χ1n) is 5.01. The maximum atomic E-state index is 10.8. The van der Waals surface area contributed by atoms with Gasteiger partial charge >= 0.3 is 15.6 Å². The molecule has 4 atom stereocenters. The Labute approximate surface area is 112 Å². The van der Waals surface area contributed by atoms with Gasteiger partial charge in [-0.05, 0) is 0 Å². The summed E-state index contributed by atoms with van der Waals surface area (Å²) in [5.74, 6) is -2.64. The molecule has 0 bridgehead atoms. The minimum absolute atomic E-state index is 0.908. The summed E-state index contributed by atoms with van der Waals surface area (Å²) in [6.45, 7) is -2.14. The predicted molar refractivity (Wildman–Crippen MR) is 57.8 cm³/mol. The van der Waals surface area contributed by atoms with Gasteiger partial charge in [-0.1, -0.05) is 0 Å². The van der Waals surface area contributed by atoms with Crippen LogP contribution in [0.3, 0.4) is 0 Å². The fraction of sp³-hybridized carbons (Fsp3) is 1.00. The third kappa shape index (κ3) is 4.53. The van der Waals surface area contributed by atoms with Crippen molar-refractivity contribution in [2.75, 3.05) is 13.2 Å². The molecule has 0 aromatic carbocycles. The Bertz CT molecular complexity index is 428. The number of aliphatic hydroxyl groups is 3. The highest BCUT2D eigenvalue weighted by Gasteiger charge is 2.58. The van der Waals surface area contributed by atoms with Gasteiger partial charge in [-0.3, -0.25) is 4.52 Å². The van der Waals surface area contributed by atoms with E-state index in [4.69, 9.17) is 29.4 Å². The molecule has 7 N–H and O–H groups in total. The summed E-state index contributed by atoms with van der Waals surface area (Å²) in [6, 6.07) is 0. The predicted octanol–water partition coefficient (Wildman–Crippen LogP) is -2.99. The van der Waals surface area contributed by atoms with Gasteiger partial charge in [0.25, 0.3) is 0 Å². The van der Waals surface area contributed by atoms with E-state index in [0.29, 0.717) is 0 Å². The van der Waals surface area contributed by atoms with Crippen LogP contribution in [0.25, 0.3) is 0 Å². The largest absolute Gasteiger partial charge is 0.472 e. The fourth-order valence-corrected chi connectivity index (χ4v) is 2.55. The van der Waals surface area contributed by atoms with Crippen molar-refractivity contribution in [1.82, 2.24) is 0 Å². The Morgan fingerprint density at radius 3 is 2.05 bits per heavy atom. The van der Waals surface area contributed by atoms with E-state index >= 15 is 0 Å². The highest BCUT2D eigenvalue weighted by atomic mass is 31.2. The Hall–Kier alpha value is 0.0600. The summed E-state index contributed by atoms with van der Waals surface area (Å²) in [6.07, 6.45) is -5.53. The van der Waals surface area contributed by atoms with Crippen LogP contribution in [0.4, 0.5) is 0 Å². The van der Waals surface area contributed by atoms with Crippen molar-refractivity contribution in [3.8, 4) is 0 Å². The Kier molecular flexibility index (Phi) is 5.48. The smallest absolute Gasteiger partial charge is 0.391 e. The molecule has 1 saturated heterocycles. The molecule has 0 saturated carbocycles. The van der Waals surface area contributed by atoms with Gasteiger partial charge in [0.2, 0.25) is 5.79 Å². The van der Waals surface area contributed by atoms with Gasteiger partial charge in [0.05, 0.1) is 6.61 Å². The zero-order chi connectivity index (χ0) is 15.8. The fourth-order valence-electron chi connectivity index (χ4n) is 1.60. The first kappa shape index (κ1) is 18.1. The van der Waals surface area contributed by atoms with E-state index in [1.807, 2.05) is 0 Å². The highest BCUT2D eigenvalue weighted by Crippen LogP contribution is 2.47. The van der Waals surface area contributed by atoms with Crippen LogP contribution in [0.5, 0.6) is 0 Å². The number of aliphatic hydroxyl groups excluding tert-OH is 3. The summed E-state index contributed by atoms with van der Waals surface area (Å²) < 4.78 is 34.2. The van der Waals surface area contributed by atoms with Crippen LogP contribution in [0.15, 0.2) is 0 Å². The number of rotatable bonds is 6. The topological polar surface area (TPSA) is 203 Å². The van der Waals surface area contributed by atoms with Crippen LogP contribution < -0.4 is 0 Å². The molecule has 0 unspecified atom stereocenters. The van der Waals surface area contributed by atoms with Crippen molar-refractivity contribution in [1.29, 1.82) is 0 Å². The molecule has 1 heterocycles. The van der Waals surface area contributed by atoms with E-state index in [1.165, 1.54) is 0 Å². The van der Waals surface area contributed by atoms with Crippen molar-refractivity contribution in [3.05, 3.63) is 0 Å². The van der Waals surface area contributed by atoms with Crippen LogP contribution in [0.2, 0.25) is 0 Å². The van der Waals surface area contributed by atoms with Gasteiger partial charge in [-0.2, -0.15) is 0 Å². The third-order valence-corrected chi connectivity index (χ3v) is 3.44. The summed E-state index contributed by atoms with van der Waals surface area (Å²) in [5.41, 5.74) is 0. The van der Waals surface area contributed by atoms with Crippen molar-refractivity contribution >= 4 is 15.6 Å². The van der Waals surface area contributed by atoms with Gasteiger partial charge in [0, 0.05) is 0 Å². The van der Waals surface area contributed by atoms with Gasteiger partial charge < -0.3 is 39.6 Å². The lowest BCUT2D eigenvalue weighted by atomic mass is 10.1. The van der Waals surface area contributed by atoms with Crippen LogP contribution in [0, 0.1) is 0 Å². The average molecular weight is 340 g/mol. The first-order chi connectivity index (χ1) is 8.90.